The van der Waals surface area contributed by atoms with Gasteiger partial charge in [-0.25, -0.2) is 9.78 Å². The number of carboxylic acids is 1. The van der Waals surface area contributed by atoms with Crippen molar-refractivity contribution in [3.05, 3.63) is 58.6 Å². The lowest BCUT2D eigenvalue weighted by Crippen LogP contribution is -2.23. The van der Waals surface area contributed by atoms with Crippen molar-refractivity contribution in [2.24, 2.45) is 0 Å². The van der Waals surface area contributed by atoms with E-state index in [1.165, 1.54) is 42.4 Å². The predicted octanol–water partition coefficient (Wildman–Crippen LogP) is 6.70. The molecule has 0 aliphatic carbocycles. The van der Waals surface area contributed by atoms with Crippen LogP contribution in [0, 0.1) is 6.92 Å². The maximum Gasteiger partial charge on any atom is 0.416 e. The second-order valence-electron chi connectivity index (χ2n) is 6.40. The van der Waals surface area contributed by atoms with E-state index in [-0.39, 0.29) is 0 Å². The Bertz CT molecular complexity index is 1040. The van der Waals surface area contributed by atoms with Gasteiger partial charge in [-0.2, -0.15) is 17.5 Å². The third kappa shape index (κ3) is 6.96. The van der Waals surface area contributed by atoms with Crippen LogP contribution >= 0.6 is 23.3 Å². The minimum Gasteiger partial charge on any atom is -0.479 e. The van der Waals surface area contributed by atoms with Crippen molar-refractivity contribution in [3.63, 3.8) is 0 Å². The zero-order valence-corrected chi connectivity index (χ0v) is 19.6. The van der Waals surface area contributed by atoms with E-state index in [1.54, 1.807) is 6.07 Å². The molecule has 1 aromatic heterocycles. The Labute approximate surface area is 192 Å². The fourth-order valence-corrected chi connectivity index (χ4v) is 4.10. The van der Waals surface area contributed by atoms with Crippen molar-refractivity contribution >= 4 is 29.3 Å². The molecular formula is C22H23F3N2O3S2. The fraction of sp³-hybridized carbons (Fsp3) is 0.318. The summed E-state index contributed by atoms with van der Waals surface area (Å²) >= 11 is 2.72. The highest BCUT2D eigenvalue weighted by Gasteiger charge is 2.30. The molecule has 0 radical (unpaired) electrons. The summed E-state index contributed by atoms with van der Waals surface area (Å²) in [5, 5.41) is 9.68. The molecule has 0 aliphatic rings. The molecule has 0 saturated heterocycles. The number of ether oxygens (including phenoxy) is 1. The Hall–Kier alpha value is -2.59. The second-order valence-corrected chi connectivity index (χ2v) is 8.29. The number of carbonyl (C=O) groups is 1. The predicted molar refractivity (Wildman–Crippen MR) is 120 cm³/mol. The van der Waals surface area contributed by atoms with E-state index in [4.69, 9.17) is 9.84 Å². The Balaban J connectivity index is 0.00000176. The molecule has 0 saturated carbocycles. The number of hydrogen-bond donors (Lipinski definition) is 1. The summed E-state index contributed by atoms with van der Waals surface area (Å²) in [6.07, 6.45) is -5.31. The van der Waals surface area contributed by atoms with Gasteiger partial charge >= 0.3 is 12.1 Å². The molecule has 3 aromatic rings. The first-order valence-corrected chi connectivity index (χ1v) is 11.5. The van der Waals surface area contributed by atoms with E-state index >= 15 is 0 Å². The molecule has 1 heterocycles. The minimum absolute atomic E-state index is 0.395. The van der Waals surface area contributed by atoms with E-state index in [1.807, 2.05) is 32.9 Å². The number of aryl methyl sites for hydroxylation is 1. The summed E-state index contributed by atoms with van der Waals surface area (Å²) in [7, 11) is 0. The van der Waals surface area contributed by atoms with Crippen LogP contribution in [0.5, 0.6) is 5.75 Å². The van der Waals surface area contributed by atoms with Crippen molar-refractivity contribution in [3.8, 4) is 17.1 Å². The van der Waals surface area contributed by atoms with Gasteiger partial charge < -0.3 is 9.84 Å². The molecule has 0 aliphatic heterocycles. The van der Waals surface area contributed by atoms with Gasteiger partial charge in [-0.3, -0.25) is 0 Å². The van der Waals surface area contributed by atoms with Crippen LogP contribution in [0.25, 0.3) is 11.4 Å². The summed E-state index contributed by atoms with van der Waals surface area (Å²) < 4.78 is 47.7. The zero-order chi connectivity index (χ0) is 23.9. The van der Waals surface area contributed by atoms with Crippen LogP contribution in [0.1, 0.15) is 36.9 Å². The number of benzene rings is 2. The summed E-state index contributed by atoms with van der Waals surface area (Å²) in [5.74, 6) is 0.415. The zero-order valence-electron chi connectivity index (χ0n) is 17.9. The Morgan fingerprint density at radius 3 is 2.41 bits per heavy atom. The van der Waals surface area contributed by atoms with Gasteiger partial charge in [-0.15, -0.1) is 11.8 Å². The lowest BCUT2D eigenvalue weighted by Gasteiger charge is -2.13. The second kappa shape index (κ2) is 11.3. The molecule has 0 bridgehead atoms. The van der Waals surface area contributed by atoms with Gasteiger partial charge in [0.05, 0.1) is 11.3 Å². The lowest BCUT2D eigenvalue weighted by atomic mass is 10.1. The molecule has 2 aromatic carbocycles. The molecule has 0 amide bonds. The first kappa shape index (κ1) is 25.7. The number of nitrogens with zero attached hydrogens (tertiary/aromatic N) is 2. The van der Waals surface area contributed by atoms with Crippen molar-refractivity contribution in [2.45, 2.75) is 50.6 Å². The smallest absolute Gasteiger partial charge is 0.416 e. The Morgan fingerprint density at radius 2 is 1.84 bits per heavy atom. The third-order valence-electron chi connectivity index (χ3n) is 4.10. The average molecular weight is 485 g/mol. The van der Waals surface area contributed by atoms with E-state index in [2.05, 4.69) is 9.36 Å². The van der Waals surface area contributed by atoms with E-state index in [0.717, 1.165) is 27.6 Å². The molecule has 3 rings (SSSR count). The van der Waals surface area contributed by atoms with Crippen molar-refractivity contribution < 1.29 is 27.8 Å². The van der Waals surface area contributed by atoms with Crippen LogP contribution in [0.2, 0.25) is 0 Å². The van der Waals surface area contributed by atoms with Crippen LogP contribution in [0.4, 0.5) is 13.2 Å². The number of halogens is 3. The topological polar surface area (TPSA) is 72.3 Å². The van der Waals surface area contributed by atoms with E-state index in [0.29, 0.717) is 22.9 Å². The SMILES string of the molecule is CC.Cc1cc(SCc2nc(-c3ccc(C(F)(F)F)cc3)ns2)ccc1OC(C)C(=O)O. The van der Waals surface area contributed by atoms with Gasteiger partial charge in [0, 0.05) is 10.5 Å². The van der Waals surface area contributed by atoms with Gasteiger partial charge in [0.15, 0.2) is 11.9 Å². The molecule has 1 N–H and O–H groups in total. The molecule has 10 heteroatoms. The van der Waals surface area contributed by atoms with Crippen LogP contribution < -0.4 is 4.74 Å². The van der Waals surface area contributed by atoms with Crippen LogP contribution in [0.15, 0.2) is 47.4 Å². The number of aliphatic carboxylic acids is 1. The van der Waals surface area contributed by atoms with Gasteiger partial charge in [-0.05, 0) is 61.3 Å². The maximum atomic E-state index is 12.7. The van der Waals surface area contributed by atoms with Crippen LogP contribution in [0.3, 0.4) is 0 Å². The van der Waals surface area contributed by atoms with E-state index < -0.39 is 23.8 Å². The number of alkyl halides is 3. The van der Waals surface area contributed by atoms with Gasteiger partial charge in [0.25, 0.3) is 0 Å². The molecule has 172 valence electrons. The molecule has 0 fully saturated rings. The van der Waals surface area contributed by atoms with Gasteiger partial charge in [0.1, 0.15) is 10.8 Å². The number of hydrogen-bond acceptors (Lipinski definition) is 6. The lowest BCUT2D eigenvalue weighted by molar-refractivity contribution is -0.144. The summed E-state index contributed by atoms with van der Waals surface area (Å²) in [6.45, 7) is 7.30. The highest BCUT2D eigenvalue weighted by atomic mass is 32.2. The molecule has 32 heavy (non-hydrogen) atoms. The molecule has 1 unspecified atom stereocenters. The maximum absolute atomic E-state index is 12.7. The molecular weight excluding hydrogens is 461 g/mol. The molecule has 1 atom stereocenters. The number of carboxylic acid groups (broad SMARTS) is 1. The van der Waals surface area contributed by atoms with Crippen molar-refractivity contribution in [1.29, 1.82) is 0 Å². The standard InChI is InChI=1S/C20H17F3N2O3S2.C2H6/c1-11-9-15(7-8-16(11)28-12(2)19(26)27)29-10-17-24-18(25-30-17)13-3-5-14(6-4-13)20(21,22)23;1-2/h3-9,12H,10H2,1-2H3,(H,26,27);1-2H3. The fourth-order valence-electron chi connectivity index (χ4n) is 2.47. The van der Waals surface area contributed by atoms with Crippen LogP contribution in [-0.2, 0) is 16.7 Å². The monoisotopic (exact) mass is 484 g/mol. The molecule has 5 nitrogen and oxygen atoms in total. The largest absolute Gasteiger partial charge is 0.479 e. The quantitative estimate of drug-likeness (QED) is 0.376. The number of aromatic nitrogens is 2. The normalized spacial score (nSPS) is 12.0. The Kier molecular flexibility index (Phi) is 9.09. The third-order valence-corrected chi connectivity index (χ3v) is 6.00. The van der Waals surface area contributed by atoms with Gasteiger partial charge in [0.2, 0.25) is 0 Å². The summed E-state index contributed by atoms with van der Waals surface area (Å²) in [5.41, 5.74) is 0.633. The Morgan fingerprint density at radius 1 is 1.19 bits per heavy atom. The average Bonchev–Trinajstić information content (AvgIpc) is 3.24. The first-order chi connectivity index (χ1) is 15.1. The van der Waals surface area contributed by atoms with Crippen molar-refractivity contribution in [1.82, 2.24) is 9.36 Å². The number of rotatable bonds is 7. The van der Waals surface area contributed by atoms with E-state index in [9.17, 15) is 18.0 Å². The highest BCUT2D eigenvalue weighted by molar-refractivity contribution is 7.98. The first-order valence-electron chi connectivity index (χ1n) is 9.76. The summed E-state index contributed by atoms with van der Waals surface area (Å²) in [4.78, 5) is 16.3. The summed E-state index contributed by atoms with van der Waals surface area (Å²) in [6, 6.07) is 10.2. The highest BCUT2D eigenvalue weighted by Crippen LogP contribution is 2.32. The minimum atomic E-state index is -4.37. The number of thioether (sulfide) groups is 1. The van der Waals surface area contributed by atoms with Crippen LogP contribution in [-0.4, -0.2) is 26.5 Å². The molecule has 0 spiro atoms. The van der Waals surface area contributed by atoms with Crippen molar-refractivity contribution in [2.75, 3.05) is 0 Å². The van der Waals surface area contributed by atoms with Gasteiger partial charge in [-0.1, -0.05) is 26.0 Å².